The fourth-order valence-electron chi connectivity index (χ4n) is 3.78. The first-order valence-corrected chi connectivity index (χ1v) is 11.9. The SMILES string of the molecule is CCC(=O)Nc1ccc(S(=O)(=O)N2CCc3ccccc3C2CC(=O)NC(C)C)cc1. The van der Waals surface area contributed by atoms with Crippen molar-refractivity contribution in [2.24, 2.45) is 0 Å². The summed E-state index contributed by atoms with van der Waals surface area (Å²) in [5.41, 5.74) is 2.47. The molecule has 166 valence electrons. The number of benzene rings is 2. The molecular formula is C23H29N3O4S. The van der Waals surface area contributed by atoms with E-state index in [1.54, 1.807) is 19.1 Å². The molecule has 2 aromatic rings. The predicted octanol–water partition coefficient (Wildman–Crippen LogP) is 3.24. The number of fused-ring (bicyclic) bond motifs is 1. The average molecular weight is 444 g/mol. The first-order valence-electron chi connectivity index (χ1n) is 10.5. The quantitative estimate of drug-likeness (QED) is 0.687. The monoisotopic (exact) mass is 443 g/mol. The van der Waals surface area contributed by atoms with Crippen molar-refractivity contribution in [3.05, 3.63) is 59.7 Å². The van der Waals surface area contributed by atoms with Gasteiger partial charge in [-0.2, -0.15) is 4.31 Å². The van der Waals surface area contributed by atoms with Crippen molar-refractivity contribution in [3.63, 3.8) is 0 Å². The fraction of sp³-hybridized carbons (Fsp3) is 0.391. The van der Waals surface area contributed by atoms with Crippen molar-refractivity contribution in [3.8, 4) is 0 Å². The summed E-state index contributed by atoms with van der Waals surface area (Å²) in [5.74, 6) is -0.325. The van der Waals surface area contributed by atoms with Crippen molar-refractivity contribution in [2.45, 2.75) is 57.0 Å². The normalized spacial score (nSPS) is 16.6. The maximum atomic E-state index is 13.5. The highest BCUT2D eigenvalue weighted by molar-refractivity contribution is 7.89. The van der Waals surface area contributed by atoms with Crippen LogP contribution in [0, 0.1) is 0 Å². The highest BCUT2D eigenvalue weighted by Gasteiger charge is 2.37. The maximum absolute atomic E-state index is 13.5. The molecule has 0 radical (unpaired) electrons. The van der Waals surface area contributed by atoms with E-state index in [0.29, 0.717) is 25.1 Å². The Morgan fingerprint density at radius 1 is 1.06 bits per heavy atom. The van der Waals surface area contributed by atoms with Gasteiger partial charge in [0.1, 0.15) is 0 Å². The third-order valence-corrected chi connectivity index (χ3v) is 7.18. The molecule has 0 fully saturated rings. The van der Waals surface area contributed by atoms with E-state index in [2.05, 4.69) is 10.6 Å². The number of hydrogen-bond acceptors (Lipinski definition) is 4. The topological polar surface area (TPSA) is 95.6 Å². The van der Waals surface area contributed by atoms with Crippen LogP contribution in [0.4, 0.5) is 5.69 Å². The second kappa shape index (κ2) is 9.62. The minimum absolute atomic E-state index is 0.0257. The molecule has 1 atom stereocenters. The van der Waals surface area contributed by atoms with Crippen molar-refractivity contribution in [1.29, 1.82) is 0 Å². The van der Waals surface area contributed by atoms with E-state index in [1.165, 1.54) is 16.4 Å². The number of carbonyl (C=O) groups is 2. The molecule has 1 aliphatic heterocycles. The van der Waals surface area contributed by atoms with Crippen LogP contribution in [0.5, 0.6) is 0 Å². The summed E-state index contributed by atoms with van der Waals surface area (Å²) in [6.45, 7) is 5.80. The lowest BCUT2D eigenvalue weighted by atomic mass is 9.92. The third-order valence-electron chi connectivity index (χ3n) is 5.26. The van der Waals surface area contributed by atoms with Crippen molar-refractivity contribution in [2.75, 3.05) is 11.9 Å². The number of amides is 2. The second-order valence-corrected chi connectivity index (χ2v) is 9.82. The molecule has 3 rings (SSSR count). The van der Waals surface area contributed by atoms with Gasteiger partial charge in [0.15, 0.2) is 0 Å². The van der Waals surface area contributed by atoms with Gasteiger partial charge < -0.3 is 10.6 Å². The summed E-state index contributed by atoms with van der Waals surface area (Å²) in [7, 11) is -3.84. The van der Waals surface area contributed by atoms with E-state index in [0.717, 1.165) is 11.1 Å². The number of anilines is 1. The van der Waals surface area contributed by atoms with Gasteiger partial charge in [-0.1, -0.05) is 31.2 Å². The third kappa shape index (κ3) is 5.32. The number of carbonyl (C=O) groups excluding carboxylic acids is 2. The Morgan fingerprint density at radius 3 is 2.39 bits per heavy atom. The van der Waals surface area contributed by atoms with Gasteiger partial charge >= 0.3 is 0 Å². The first kappa shape index (κ1) is 23.0. The molecule has 7 nitrogen and oxygen atoms in total. The van der Waals surface area contributed by atoms with Gasteiger partial charge in [0.2, 0.25) is 21.8 Å². The number of hydrogen-bond donors (Lipinski definition) is 2. The summed E-state index contributed by atoms with van der Waals surface area (Å²) in [5, 5.41) is 5.58. The van der Waals surface area contributed by atoms with Crippen LogP contribution in [0.3, 0.4) is 0 Å². The molecule has 0 saturated carbocycles. The fourth-order valence-corrected chi connectivity index (χ4v) is 5.39. The lowest BCUT2D eigenvalue weighted by molar-refractivity contribution is -0.122. The largest absolute Gasteiger partial charge is 0.354 e. The Kier molecular flexibility index (Phi) is 7.12. The molecule has 0 saturated heterocycles. The van der Waals surface area contributed by atoms with Crippen LogP contribution in [-0.2, 0) is 26.0 Å². The van der Waals surface area contributed by atoms with Crippen molar-refractivity contribution in [1.82, 2.24) is 9.62 Å². The molecule has 1 heterocycles. The number of nitrogens with one attached hydrogen (secondary N) is 2. The van der Waals surface area contributed by atoms with Gasteiger partial charge in [-0.3, -0.25) is 9.59 Å². The smallest absolute Gasteiger partial charge is 0.243 e. The summed E-state index contributed by atoms with van der Waals surface area (Å²) >= 11 is 0. The molecule has 2 N–H and O–H groups in total. The van der Waals surface area contributed by atoms with Gasteiger partial charge in [0.25, 0.3) is 0 Å². The van der Waals surface area contributed by atoms with E-state index in [1.807, 2.05) is 38.1 Å². The van der Waals surface area contributed by atoms with Crippen LogP contribution in [0.1, 0.15) is 50.8 Å². The van der Waals surface area contributed by atoms with E-state index in [-0.39, 0.29) is 29.2 Å². The van der Waals surface area contributed by atoms with Gasteiger partial charge in [-0.05, 0) is 55.7 Å². The Morgan fingerprint density at radius 2 is 1.74 bits per heavy atom. The zero-order valence-corrected chi connectivity index (χ0v) is 18.9. The molecule has 0 aliphatic carbocycles. The highest BCUT2D eigenvalue weighted by Crippen LogP contribution is 2.36. The summed E-state index contributed by atoms with van der Waals surface area (Å²) in [4.78, 5) is 24.3. The van der Waals surface area contributed by atoms with Crippen LogP contribution < -0.4 is 10.6 Å². The molecule has 0 spiro atoms. The van der Waals surface area contributed by atoms with Crippen LogP contribution >= 0.6 is 0 Å². The lowest BCUT2D eigenvalue weighted by Gasteiger charge is -2.36. The van der Waals surface area contributed by atoms with Crippen molar-refractivity contribution < 1.29 is 18.0 Å². The first-order chi connectivity index (χ1) is 14.7. The molecule has 2 aromatic carbocycles. The average Bonchev–Trinajstić information content (AvgIpc) is 2.73. The summed E-state index contributed by atoms with van der Waals surface area (Å²) in [6.07, 6.45) is 0.981. The molecule has 8 heteroatoms. The van der Waals surface area contributed by atoms with E-state index in [4.69, 9.17) is 0 Å². The zero-order chi connectivity index (χ0) is 22.6. The number of nitrogens with zero attached hydrogens (tertiary/aromatic N) is 1. The Bertz CT molecular complexity index is 1050. The Balaban J connectivity index is 1.92. The van der Waals surface area contributed by atoms with Gasteiger partial charge in [0, 0.05) is 31.1 Å². The molecule has 31 heavy (non-hydrogen) atoms. The Labute approximate surface area is 183 Å². The van der Waals surface area contributed by atoms with Gasteiger partial charge in [-0.15, -0.1) is 0 Å². The van der Waals surface area contributed by atoms with E-state index in [9.17, 15) is 18.0 Å². The Hall–Kier alpha value is -2.71. The molecule has 0 aromatic heterocycles. The molecule has 1 aliphatic rings. The molecular weight excluding hydrogens is 414 g/mol. The molecule has 1 unspecified atom stereocenters. The standard InChI is InChI=1S/C23H29N3O4S/c1-4-22(27)25-18-9-11-19(12-10-18)31(29,30)26-14-13-17-7-5-6-8-20(17)21(26)15-23(28)24-16(2)3/h5-12,16,21H,4,13-15H2,1-3H3,(H,24,28)(H,25,27). The summed E-state index contributed by atoms with van der Waals surface area (Å²) < 4.78 is 28.4. The van der Waals surface area contributed by atoms with E-state index >= 15 is 0 Å². The van der Waals surface area contributed by atoms with Gasteiger partial charge in [0.05, 0.1) is 10.9 Å². The van der Waals surface area contributed by atoms with Gasteiger partial charge in [-0.25, -0.2) is 8.42 Å². The molecule has 2 amide bonds. The minimum atomic E-state index is -3.84. The number of sulfonamides is 1. The lowest BCUT2D eigenvalue weighted by Crippen LogP contribution is -2.43. The zero-order valence-electron chi connectivity index (χ0n) is 18.1. The van der Waals surface area contributed by atoms with Crippen molar-refractivity contribution >= 4 is 27.5 Å². The highest BCUT2D eigenvalue weighted by atomic mass is 32.2. The van der Waals surface area contributed by atoms with Crippen LogP contribution in [0.25, 0.3) is 0 Å². The second-order valence-electron chi connectivity index (χ2n) is 7.93. The number of rotatable bonds is 7. The van der Waals surface area contributed by atoms with E-state index < -0.39 is 16.1 Å². The minimum Gasteiger partial charge on any atom is -0.354 e. The van der Waals surface area contributed by atoms with Crippen LogP contribution in [-0.4, -0.2) is 37.1 Å². The maximum Gasteiger partial charge on any atom is 0.243 e. The van der Waals surface area contributed by atoms with Crippen LogP contribution in [0.15, 0.2) is 53.4 Å². The molecule has 0 bridgehead atoms. The summed E-state index contributed by atoms with van der Waals surface area (Å²) in [6, 6.07) is 13.2. The van der Waals surface area contributed by atoms with Crippen LogP contribution in [0.2, 0.25) is 0 Å². The predicted molar refractivity (Wildman–Crippen MR) is 120 cm³/mol.